The number of hydrogen-bond acceptors (Lipinski definition) is 32. The van der Waals surface area contributed by atoms with Crippen LogP contribution in [0.5, 0.6) is 0 Å². The predicted molar refractivity (Wildman–Crippen MR) is 510 cm³/mol. The fourth-order valence-electron chi connectivity index (χ4n) is 17.2. The minimum atomic E-state index is -0.434. The maximum absolute atomic E-state index is 13.6. The monoisotopic (exact) mass is 1920 g/mol. The molecular weight excluding hydrogens is 1820 g/mol. The van der Waals surface area contributed by atoms with Gasteiger partial charge in [-0.15, -0.1) is 45.3 Å². The first-order chi connectivity index (χ1) is 65.1. The summed E-state index contributed by atoms with van der Waals surface area (Å²) in [5, 5.41) is 15.7. The second-order valence-corrected chi connectivity index (χ2v) is 41.9. The van der Waals surface area contributed by atoms with E-state index in [2.05, 4.69) is 122 Å². The minimum absolute atomic E-state index is 0.0327. The van der Waals surface area contributed by atoms with Gasteiger partial charge in [-0.1, -0.05) is 70.4 Å². The number of rotatable bonds is 28. The number of carbonyl (C=O) groups excluding carboxylic acids is 8. The van der Waals surface area contributed by atoms with Gasteiger partial charge >= 0.3 is 0 Å². The predicted octanol–water partition coefficient (Wildman–Crippen LogP) is 17.3. The maximum atomic E-state index is 13.6. The van der Waals surface area contributed by atoms with E-state index < -0.39 is 23.3 Å². The Kier molecular flexibility index (Phi) is 29.6. The van der Waals surface area contributed by atoms with E-state index in [1.165, 1.54) is 69.6 Å². The fourth-order valence-corrected chi connectivity index (χ4v) is 20.6. The zero-order valence-corrected chi connectivity index (χ0v) is 80.4. The highest BCUT2D eigenvalue weighted by Crippen LogP contribution is 2.39. The second kappa shape index (κ2) is 41.8. The number of Topliss-reactive ketones (excluding diaryl/α,β-unsaturated/α-hetero) is 4. The SMILES string of the molecule is Cc1nc2nc(NC(C)c3cncc(F)c3)nc(C(=O)N3CC(CC(=O)C4CCC4)C3)c2s1.Cc1nc2nc(NC(C)c3cncc(F)c3)nc(C(=O)N3CC(CC(=O)C4CCCC4)C3)c2s1.Cc1nc2nc(NC(C)c3cncc(F)c3)nc(C(=O)N3CC(CC(=O)CC(C)(C)C)C3)c2s1.Cc1nc2nc(NC(C)c3cncc(F)c3)nc(C(=O)N3CC(CC(=O)c4ccccc4)C3)c2s1. The zero-order valence-electron chi connectivity index (χ0n) is 77.1. The van der Waals surface area contributed by atoms with Gasteiger partial charge in [0.25, 0.3) is 23.6 Å². The van der Waals surface area contributed by atoms with Crippen LogP contribution < -0.4 is 21.3 Å². The third-order valence-corrected chi connectivity index (χ3v) is 28.5. The van der Waals surface area contributed by atoms with Gasteiger partial charge in [-0.2, -0.15) is 19.9 Å². The zero-order chi connectivity index (χ0) is 96.1. The summed E-state index contributed by atoms with van der Waals surface area (Å²) in [6, 6.07) is 13.5. The van der Waals surface area contributed by atoms with E-state index in [0.717, 1.165) is 89.8 Å². The molecule has 2 saturated carbocycles. The summed E-state index contributed by atoms with van der Waals surface area (Å²) in [6.07, 6.45) is 20.9. The van der Waals surface area contributed by atoms with Gasteiger partial charge in [0.15, 0.2) is 51.1 Å². The molecule has 6 fully saturated rings. The van der Waals surface area contributed by atoms with Gasteiger partial charge in [0.1, 0.15) is 59.4 Å². The number of nitrogens with one attached hydrogen (secondary N) is 4. The number of thiazole rings is 4. The topological polar surface area (TPSA) is 404 Å². The number of ketones is 4. The van der Waals surface area contributed by atoms with Gasteiger partial charge in [-0.05, 0) is 133 Å². The average molecular weight is 1930 g/mol. The quantitative estimate of drug-likeness (QED) is 0.0261. The number of fused-ring (bicyclic) bond motifs is 4. The van der Waals surface area contributed by atoms with Crippen LogP contribution in [0.3, 0.4) is 0 Å². The first kappa shape index (κ1) is 96.3. The molecule has 32 nitrogen and oxygen atoms in total. The fraction of sp³-hybridized carbons (Fsp3) is 0.438. The van der Waals surface area contributed by atoms with Gasteiger partial charge in [0, 0.05) is 150 Å². The first-order valence-corrected chi connectivity index (χ1v) is 48.8. The molecule has 13 aromatic rings. The summed E-state index contributed by atoms with van der Waals surface area (Å²) < 4.78 is 56.9. The standard InChI is InChI=1S/C25H23FN6O2S.C24H27FN6O2S.C24H29FN6O2S.C23H25FN6O2S/c1-14(18-9-19(26)11-27-10-18)28-25-30-21(22-23(31-25)29-15(2)35-22)24(34)32-12-16(13-32)8-20(33)17-6-4-3-5-7-17;1-13(17-8-18(25)10-26-9-17)27-24-29-20(21-22(30-24)28-14(2)34-21)23(33)31-11-15(12-31)7-19(32)16-5-3-4-6-16;1-13(16-7-17(25)10-26-9-16)27-23-29-19(20-21(30-23)28-14(2)34-20)22(33)31-11-15(12-31)6-18(32)8-24(3,4)5;1-12(16-7-17(24)9-25-8-16)26-23-28-19(20-21(29-23)27-13(2)33-20)22(32)30-10-14(11-30)6-18(31)15-4-3-5-15/h3-7,9-11,14,16H,8,12-13H2,1-2H3,(H,28,30,31);8-10,13,15-16H,3-7,11-12H2,1-2H3,(H,27,29,30);7,9-10,13,15H,6,8,11-12H2,1-5H3,(H,27,29,30);7-9,12,14-15H,3-6,10-11H2,1-2H3,(H,26,28,29). The van der Waals surface area contributed by atoms with Crippen LogP contribution in [0.25, 0.3) is 41.4 Å². The lowest BCUT2D eigenvalue weighted by atomic mass is 9.78. The summed E-state index contributed by atoms with van der Waals surface area (Å²) in [4.78, 5) is 179. The maximum Gasteiger partial charge on any atom is 0.274 e. The number of pyridine rings is 4. The molecule has 0 bridgehead atoms. The number of amides is 4. The van der Waals surface area contributed by atoms with Crippen molar-refractivity contribution in [3.05, 3.63) is 198 Å². The minimum Gasteiger partial charge on any atom is -0.348 e. The smallest absolute Gasteiger partial charge is 0.274 e. The molecule has 19 rings (SSSR count). The van der Waals surface area contributed by atoms with Crippen molar-refractivity contribution >= 4 is 157 Å². The van der Waals surface area contributed by atoms with E-state index in [-0.39, 0.29) is 130 Å². The lowest BCUT2D eigenvalue weighted by Gasteiger charge is -2.39. The van der Waals surface area contributed by atoms with Crippen LogP contribution >= 0.6 is 45.3 Å². The van der Waals surface area contributed by atoms with Crippen molar-refractivity contribution in [2.75, 3.05) is 73.6 Å². The molecule has 0 spiro atoms. The Hall–Kier alpha value is -12.8. The number of likely N-dealkylation sites (tertiary alicyclic amines) is 4. The molecule has 4 unspecified atom stereocenters. The van der Waals surface area contributed by atoms with E-state index >= 15 is 0 Å². The molecule has 4 aliphatic heterocycles. The van der Waals surface area contributed by atoms with E-state index in [9.17, 15) is 55.9 Å². The highest BCUT2D eigenvalue weighted by Gasteiger charge is 2.42. The summed E-state index contributed by atoms with van der Waals surface area (Å²) in [5.74, 6) is 0.712. The van der Waals surface area contributed by atoms with Crippen LogP contribution in [-0.4, -0.2) is 198 Å². The van der Waals surface area contributed by atoms with Crippen molar-refractivity contribution in [1.29, 1.82) is 0 Å². The summed E-state index contributed by atoms with van der Waals surface area (Å²) in [7, 11) is 0. The lowest BCUT2D eigenvalue weighted by Crippen LogP contribution is -2.51. The Morgan fingerprint density at radius 3 is 0.904 bits per heavy atom. The van der Waals surface area contributed by atoms with E-state index in [0.29, 0.717) is 182 Å². The molecule has 0 radical (unpaired) electrons. The summed E-state index contributed by atoms with van der Waals surface area (Å²) >= 11 is 5.52. The number of nitrogens with zero attached hydrogens (tertiary/aromatic N) is 20. The Labute approximate surface area is 797 Å². The summed E-state index contributed by atoms with van der Waals surface area (Å²) in [5.41, 5.74) is 6.20. The molecule has 12 aromatic heterocycles. The number of hydrogen-bond donors (Lipinski definition) is 4. The largest absolute Gasteiger partial charge is 0.348 e. The Morgan fingerprint density at radius 1 is 0.368 bits per heavy atom. The number of benzene rings is 1. The van der Waals surface area contributed by atoms with Crippen molar-refractivity contribution < 1.29 is 55.9 Å². The first-order valence-electron chi connectivity index (χ1n) is 45.5. The highest BCUT2D eigenvalue weighted by molar-refractivity contribution is 7.20. The molecule has 136 heavy (non-hydrogen) atoms. The molecule has 4 atom stereocenters. The molecule has 4 saturated heterocycles. The van der Waals surface area contributed by atoms with Crippen molar-refractivity contribution in [3.8, 4) is 0 Å². The van der Waals surface area contributed by atoms with Gasteiger partial charge in [-0.25, -0.2) is 57.4 Å². The summed E-state index contributed by atoms with van der Waals surface area (Å²) in [6.45, 7) is 25.3. The van der Waals surface area contributed by atoms with Crippen LogP contribution in [0.4, 0.5) is 41.4 Å². The highest BCUT2D eigenvalue weighted by atomic mass is 32.1. The molecule has 40 heteroatoms. The van der Waals surface area contributed by atoms with Gasteiger partial charge in [-0.3, -0.25) is 58.3 Å². The molecule has 1 aromatic carbocycles. The van der Waals surface area contributed by atoms with Crippen LogP contribution in [-0.2, 0) is 14.4 Å². The number of halogens is 4. The normalized spacial score (nSPS) is 16.2. The number of carbonyl (C=O) groups is 8. The molecule has 4 N–H and O–H groups in total. The number of aromatic nitrogens is 16. The van der Waals surface area contributed by atoms with Crippen molar-refractivity contribution in [1.82, 2.24) is 99.3 Å². The van der Waals surface area contributed by atoms with Crippen LogP contribution in [0.1, 0.15) is 244 Å². The Morgan fingerprint density at radius 2 is 0.640 bits per heavy atom. The van der Waals surface area contributed by atoms with Gasteiger partial charge in [0.05, 0.1) is 69.0 Å². The van der Waals surface area contributed by atoms with E-state index in [4.69, 9.17) is 0 Å². The Bertz CT molecular complexity index is 6670. The van der Waals surface area contributed by atoms with E-state index in [1.807, 2.05) is 85.7 Å². The third-order valence-electron chi connectivity index (χ3n) is 24.7. The van der Waals surface area contributed by atoms with E-state index in [1.54, 1.807) is 44.4 Å². The van der Waals surface area contributed by atoms with Crippen molar-refractivity contribution in [2.24, 2.45) is 40.9 Å². The van der Waals surface area contributed by atoms with Gasteiger partial charge in [0.2, 0.25) is 23.8 Å². The number of aryl methyl sites for hydroxylation is 4. The third kappa shape index (κ3) is 23.5. The Balaban J connectivity index is 0.000000132. The average Bonchev–Trinajstić information content (AvgIpc) is 1.55. The molecule has 4 amide bonds. The van der Waals surface area contributed by atoms with Crippen LogP contribution in [0.2, 0.25) is 0 Å². The second-order valence-electron chi connectivity index (χ2n) is 37.1. The molecular formula is C96H104F4N24O8S4. The molecule has 16 heterocycles. The lowest BCUT2D eigenvalue weighted by molar-refractivity contribution is -0.127. The molecule has 708 valence electrons. The van der Waals surface area contributed by atoms with Crippen LogP contribution in [0.15, 0.2) is 104 Å². The number of anilines is 4. The molecule has 6 aliphatic rings. The molecule has 2 aliphatic carbocycles. The van der Waals surface area contributed by atoms with Crippen molar-refractivity contribution in [3.63, 3.8) is 0 Å². The van der Waals surface area contributed by atoms with Crippen molar-refractivity contribution in [2.45, 2.75) is 177 Å². The van der Waals surface area contributed by atoms with Crippen LogP contribution in [0, 0.1) is 91.9 Å². The van der Waals surface area contributed by atoms with Gasteiger partial charge < -0.3 is 40.9 Å².